The van der Waals surface area contributed by atoms with Gasteiger partial charge in [-0.2, -0.15) is 0 Å². The zero-order valence-corrected chi connectivity index (χ0v) is 12.5. The third kappa shape index (κ3) is 4.46. The fourth-order valence-corrected chi connectivity index (χ4v) is 2.25. The smallest absolute Gasteiger partial charge is 0.0312 e. The van der Waals surface area contributed by atoms with Crippen LogP contribution in [0.3, 0.4) is 0 Å². The average Bonchev–Trinajstić information content (AvgIpc) is 2.52. The van der Waals surface area contributed by atoms with Gasteiger partial charge in [0.15, 0.2) is 0 Å². The number of nitrogens with zero attached hydrogens (tertiary/aromatic N) is 1. The van der Waals surface area contributed by atoms with E-state index in [0.29, 0.717) is 6.04 Å². The molecule has 2 rings (SSSR count). The number of unbranched alkanes of at least 4 members (excludes halogenated alkanes) is 1. The van der Waals surface area contributed by atoms with Crippen LogP contribution in [0.25, 0.3) is 0 Å². The maximum Gasteiger partial charge on any atom is 0.0312 e. The molecule has 0 spiro atoms. The summed E-state index contributed by atoms with van der Waals surface area (Å²) in [7, 11) is 0. The van der Waals surface area contributed by atoms with Crippen LogP contribution < -0.4 is 5.32 Å². The minimum Gasteiger partial charge on any atom is -0.306 e. The van der Waals surface area contributed by atoms with Gasteiger partial charge in [0.2, 0.25) is 0 Å². The number of rotatable bonds is 7. The molecule has 0 aliphatic carbocycles. The maximum atomic E-state index is 4.14. The van der Waals surface area contributed by atoms with E-state index in [2.05, 4.69) is 54.5 Å². The first-order valence-corrected chi connectivity index (χ1v) is 7.50. The van der Waals surface area contributed by atoms with Gasteiger partial charge in [-0.3, -0.25) is 4.98 Å². The lowest BCUT2D eigenvalue weighted by Crippen LogP contribution is -2.18. The highest BCUT2D eigenvalue weighted by Crippen LogP contribution is 2.15. The Morgan fingerprint density at radius 3 is 2.55 bits per heavy atom. The van der Waals surface area contributed by atoms with Gasteiger partial charge < -0.3 is 5.32 Å². The van der Waals surface area contributed by atoms with Gasteiger partial charge in [0.05, 0.1) is 0 Å². The predicted octanol–water partition coefficient (Wildman–Crippen LogP) is 4.28. The van der Waals surface area contributed by atoms with Crippen molar-refractivity contribution in [3.8, 4) is 0 Å². The Bertz CT molecular complexity index is 491. The van der Waals surface area contributed by atoms with Crippen LogP contribution in [0, 0.1) is 0 Å². The molecule has 0 fully saturated rings. The molecule has 0 radical (unpaired) electrons. The van der Waals surface area contributed by atoms with Crippen molar-refractivity contribution >= 4 is 0 Å². The molecule has 0 bridgehead atoms. The molecule has 1 N–H and O–H groups in total. The number of hydrogen-bond acceptors (Lipinski definition) is 2. The van der Waals surface area contributed by atoms with Crippen molar-refractivity contribution in [1.82, 2.24) is 10.3 Å². The van der Waals surface area contributed by atoms with E-state index in [1.54, 1.807) is 0 Å². The second-order valence-corrected chi connectivity index (χ2v) is 5.31. The van der Waals surface area contributed by atoms with Gasteiger partial charge in [0.1, 0.15) is 0 Å². The first kappa shape index (κ1) is 14.7. The lowest BCUT2D eigenvalue weighted by molar-refractivity contribution is 0.573. The van der Waals surface area contributed by atoms with Crippen molar-refractivity contribution in [1.29, 1.82) is 0 Å². The summed E-state index contributed by atoms with van der Waals surface area (Å²) in [6.45, 7) is 5.29. The minimum atomic E-state index is 0.357. The number of hydrogen-bond donors (Lipinski definition) is 1. The molecular weight excluding hydrogens is 244 g/mol. The van der Waals surface area contributed by atoms with Gasteiger partial charge in [0, 0.05) is 25.0 Å². The van der Waals surface area contributed by atoms with E-state index in [9.17, 15) is 0 Å². The van der Waals surface area contributed by atoms with Gasteiger partial charge in [-0.05, 0) is 42.5 Å². The van der Waals surface area contributed by atoms with E-state index in [-0.39, 0.29) is 0 Å². The second kappa shape index (κ2) is 7.81. The molecule has 2 nitrogen and oxygen atoms in total. The molecule has 1 atom stereocenters. The number of aryl methyl sites for hydroxylation is 1. The van der Waals surface area contributed by atoms with Gasteiger partial charge in [-0.1, -0.05) is 43.7 Å². The molecule has 0 aliphatic rings. The number of aromatic nitrogens is 1. The van der Waals surface area contributed by atoms with Crippen molar-refractivity contribution in [2.24, 2.45) is 0 Å². The second-order valence-electron chi connectivity index (χ2n) is 5.31. The van der Waals surface area contributed by atoms with E-state index < -0.39 is 0 Å². The highest BCUT2D eigenvalue weighted by atomic mass is 14.9. The third-order valence-electron chi connectivity index (χ3n) is 3.63. The monoisotopic (exact) mass is 268 g/mol. The Labute approximate surface area is 122 Å². The van der Waals surface area contributed by atoms with Crippen LogP contribution in [-0.4, -0.2) is 4.98 Å². The lowest BCUT2D eigenvalue weighted by Gasteiger charge is -2.14. The molecule has 106 valence electrons. The first-order chi connectivity index (χ1) is 9.79. The lowest BCUT2D eigenvalue weighted by atomic mass is 10.0. The summed E-state index contributed by atoms with van der Waals surface area (Å²) in [5, 5.41) is 3.54. The largest absolute Gasteiger partial charge is 0.306 e. The first-order valence-electron chi connectivity index (χ1n) is 7.50. The highest BCUT2D eigenvalue weighted by molar-refractivity contribution is 5.25. The molecule has 1 aromatic carbocycles. The average molecular weight is 268 g/mol. The molecule has 1 aromatic heterocycles. The van der Waals surface area contributed by atoms with Gasteiger partial charge in [-0.15, -0.1) is 0 Å². The summed E-state index contributed by atoms with van der Waals surface area (Å²) < 4.78 is 0. The summed E-state index contributed by atoms with van der Waals surface area (Å²) in [5.74, 6) is 0. The summed E-state index contributed by atoms with van der Waals surface area (Å²) in [4.78, 5) is 4.14. The Hall–Kier alpha value is -1.67. The Balaban J connectivity index is 1.87. The van der Waals surface area contributed by atoms with Gasteiger partial charge in [-0.25, -0.2) is 0 Å². The van der Waals surface area contributed by atoms with E-state index >= 15 is 0 Å². The van der Waals surface area contributed by atoms with E-state index in [1.807, 2.05) is 18.5 Å². The fraction of sp³-hybridized carbons (Fsp3) is 0.389. The summed E-state index contributed by atoms with van der Waals surface area (Å²) >= 11 is 0. The van der Waals surface area contributed by atoms with Gasteiger partial charge >= 0.3 is 0 Å². The molecule has 0 saturated heterocycles. The topological polar surface area (TPSA) is 24.9 Å². The zero-order valence-electron chi connectivity index (χ0n) is 12.5. The van der Waals surface area contributed by atoms with Gasteiger partial charge in [0.25, 0.3) is 0 Å². The molecule has 1 unspecified atom stereocenters. The van der Waals surface area contributed by atoms with Crippen LogP contribution in [-0.2, 0) is 13.0 Å². The Morgan fingerprint density at radius 1 is 1.10 bits per heavy atom. The molecule has 2 aromatic rings. The van der Waals surface area contributed by atoms with Crippen molar-refractivity contribution in [2.45, 2.75) is 45.7 Å². The van der Waals surface area contributed by atoms with Crippen LogP contribution in [0.1, 0.15) is 49.4 Å². The number of pyridine rings is 1. The number of benzene rings is 1. The van der Waals surface area contributed by atoms with Crippen molar-refractivity contribution in [2.75, 3.05) is 0 Å². The normalized spacial score (nSPS) is 12.3. The molecule has 0 aliphatic heterocycles. The SMILES string of the molecule is CCCCc1ccc(C(C)NCc2cccnc2)cc1. The zero-order chi connectivity index (χ0) is 14.2. The Morgan fingerprint density at radius 2 is 1.90 bits per heavy atom. The molecule has 2 heteroatoms. The van der Waals surface area contributed by atoms with Crippen LogP contribution >= 0.6 is 0 Å². The van der Waals surface area contributed by atoms with E-state index in [1.165, 1.54) is 36.0 Å². The van der Waals surface area contributed by atoms with E-state index in [0.717, 1.165) is 6.54 Å². The predicted molar refractivity (Wildman–Crippen MR) is 84.5 cm³/mol. The van der Waals surface area contributed by atoms with E-state index in [4.69, 9.17) is 0 Å². The van der Waals surface area contributed by atoms with Crippen LogP contribution in [0.2, 0.25) is 0 Å². The van der Waals surface area contributed by atoms with Crippen LogP contribution in [0.15, 0.2) is 48.8 Å². The minimum absolute atomic E-state index is 0.357. The molecule has 1 heterocycles. The quantitative estimate of drug-likeness (QED) is 0.811. The van der Waals surface area contributed by atoms with Crippen LogP contribution in [0.5, 0.6) is 0 Å². The van der Waals surface area contributed by atoms with Crippen molar-refractivity contribution in [3.63, 3.8) is 0 Å². The number of nitrogens with one attached hydrogen (secondary N) is 1. The summed E-state index contributed by atoms with van der Waals surface area (Å²) in [6, 6.07) is 13.4. The molecular formula is C18H24N2. The van der Waals surface area contributed by atoms with Crippen LogP contribution in [0.4, 0.5) is 0 Å². The molecule has 0 amide bonds. The standard InChI is InChI=1S/C18H24N2/c1-3-4-6-16-8-10-18(11-9-16)15(2)20-14-17-7-5-12-19-13-17/h5,7-13,15,20H,3-4,6,14H2,1-2H3. The summed E-state index contributed by atoms with van der Waals surface area (Å²) in [6.07, 6.45) is 7.43. The molecule has 0 saturated carbocycles. The highest BCUT2D eigenvalue weighted by Gasteiger charge is 2.04. The van der Waals surface area contributed by atoms with Crippen molar-refractivity contribution < 1.29 is 0 Å². The third-order valence-corrected chi connectivity index (χ3v) is 3.63. The Kier molecular flexibility index (Phi) is 5.75. The summed E-state index contributed by atoms with van der Waals surface area (Å²) in [5.41, 5.74) is 4.00. The maximum absolute atomic E-state index is 4.14. The van der Waals surface area contributed by atoms with Crippen molar-refractivity contribution in [3.05, 3.63) is 65.5 Å². The molecule has 20 heavy (non-hydrogen) atoms. The fourth-order valence-electron chi connectivity index (χ4n) is 2.25.